The number of nitrogens with zero attached hydrogens (tertiary/aromatic N) is 1. The molecular weight excluding hydrogens is 244 g/mol. The number of rotatable bonds is 8. The first-order valence-electron chi connectivity index (χ1n) is 8.70. The molecule has 2 atom stereocenters. The topological polar surface area (TPSA) is 17.0 Å². The summed E-state index contributed by atoms with van der Waals surface area (Å²) < 4.78 is 2.48. The van der Waals surface area contributed by atoms with Gasteiger partial charge in [-0.1, -0.05) is 40.0 Å². The fraction of sp³-hybridized carbons (Fsp3) is 0.778. The molecule has 0 fully saturated rings. The molecule has 2 rings (SSSR count). The van der Waals surface area contributed by atoms with Gasteiger partial charge in [0.15, 0.2) is 0 Å². The van der Waals surface area contributed by atoms with E-state index in [0.29, 0.717) is 6.04 Å². The summed E-state index contributed by atoms with van der Waals surface area (Å²) >= 11 is 0. The van der Waals surface area contributed by atoms with Crippen LogP contribution >= 0.6 is 0 Å². The Morgan fingerprint density at radius 1 is 1.30 bits per heavy atom. The van der Waals surface area contributed by atoms with Gasteiger partial charge in [0.2, 0.25) is 0 Å². The lowest BCUT2D eigenvalue weighted by atomic mass is 9.91. The zero-order valence-corrected chi connectivity index (χ0v) is 13.6. The monoisotopic (exact) mass is 276 g/mol. The molecule has 2 unspecified atom stereocenters. The van der Waals surface area contributed by atoms with Crippen LogP contribution in [0.2, 0.25) is 0 Å². The Kier molecular flexibility index (Phi) is 6.15. The maximum atomic E-state index is 3.64. The van der Waals surface area contributed by atoms with Crippen LogP contribution < -0.4 is 5.32 Å². The van der Waals surface area contributed by atoms with E-state index in [4.69, 9.17) is 0 Å². The predicted octanol–water partition coefficient (Wildman–Crippen LogP) is 4.69. The molecule has 0 radical (unpaired) electrons. The zero-order chi connectivity index (χ0) is 14.4. The van der Waals surface area contributed by atoms with Crippen LogP contribution in [0.15, 0.2) is 12.4 Å². The molecule has 1 aromatic heterocycles. The van der Waals surface area contributed by atoms with E-state index in [0.717, 1.165) is 12.5 Å². The molecule has 0 saturated heterocycles. The van der Waals surface area contributed by atoms with Crippen molar-refractivity contribution in [3.63, 3.8) is 0 Å². The van der Waals surface area contributed by atoms with E-state index < -0.39 is 0 Å². The number of aryl methyl sites for hydroxylation is 1. The standard InChI is InChI=1S/C18H32N2/c1-4-7-9-15(5-2)12-20-13-16-10-8-11-18(19-6-3)17(16)14-20/h13-15,18-19H,4-12H2,1-3H3. The summed E-state index contributed by atoms with van der Waals surface area (Å²) in [5.74, 6) is 0.849. The molecule has 1 N–H and O–H groups in total. The molecular formula is C18H32N2. The SMILES string of the molecule is CCCCC(CC)Cn1cc2c(c1)C(NCC)CCC2. The van der Waals surface area contributed by atoms with Crippen molar-refractivity contribution < 1.29 is 0 Å². The fourth-order valence-electron chi connectivity index (χ4n) is 3.53. The zero-order valence-electron chi connectivity index (χ0n) is 13.6. The number of hydrogen-bond acceptors (Lipinski definition) is 1. The largest absolute Gasteiger partial charge is 0.353 e. The van der Waals surface area contributed by atoms with Gasteiger partial charge in [-0.25, -0.2) is 0 Å². The Labute approximate surface area is 125 Å². The van der Waals surface area contributed by atoms with Crippen molar-refractivity contribution in [2.45, 2.75) is 78.3 Å². The molecule has 2 nitrogen and oxygen atoms in total. The van der Waals surface area contributed by atoms with Crippen LogP contribution in [0.4, 0.5) is 0 Å². The lowest BCUT2D eigenvalue weighted by Crippen LogP contribution is -2.23. The van der Waals surface area contributed by atoms with Crippen LogP contribution in [0.5, 0.6) is 0 Å². The van der Waals surface area contributed by atoms with Crippen LogP contribution in [0.25, 0.3) is 0 Å². The third-order valence-electron chi connectivity index (χ3n) is 4.77. The first kappa shape index (κ1) is 15.6. The van der Waals surface area contributed by atoms with Crippen molar-refractivity contribution in [1.82, 2.24) is 9.88 Å². The van der Waals surface area contributed by atoms with Gasteiger partial charge in [-0.2, -0.15) is 0 Å². The molecule has 0 spiro atoms. The van der Waals surface area contributed by atoms with Crippen molar-refractivity contribution in [3.05, 3.63) is 23.5 Å². The minimum atomic E-state index is 0.598. The van der Waals surface area contributed by atoms with E-state index >= 15 is 0 Å². The normalized spacial score (nSPS) is 19.9. The molecule has 114 valence electrons. The molecule has 1 aliphatic rings. The van der Waals surface area contributed by atoms with Gasteiger partial charge in [0.05, 0.1) is 0 Å². The highest BCUT2D eigenvalue weighted by atomic mass is 15.0. The van der Waals surface area contributed by atoms with E-state index in [2.05, 4.69) is 43.0 Å². The molecule has 0 bridgehead atoms. The average molecular weight is 276 g/mol. The summed E-state index contributed by atoms with van der Waals surface area (Å²) in [6, 6.07) is 0.598. The van der Waals surface area contributed by atoms with Crippen LogP contribution in [-0.2, 0) is 13.0 Å². The van der Waals surface area contributed by atoms with E-state index in [-0.39, 0.29) is 0 Å². The van der Waals surface area contributed by atoms with Crippen molar-refractivity contribution in [3.8, 4) is 0 Å². The molecule has 0 aliphatic heterocycles. The first-order valence-corrected chi connectivity index (χ1v) is 8.70. The third-order valence-corrected chi connectivity index (χ3v) is 4.77. The smallest absolute Gasteiger partial charge is 0.0338 e. The van der Waals surface area contributed by atoms with E-state index in [1.54, 1.807) is 11.1 Å². The summed E-state index contributed by atoms with van der Waals surface area (Å²) in [6.07, 6.45) is 14.1. The summed E-state index contributed by atoms with van der Waals surface area (Å²) in [5, 5.41) is 3.64. The van der Waals surface area contributed by atoms with Crippen LogP contribution in [0.3, 0.4) is 0 Å². The number of fused-ring (bicyclic) bond motifs is 1. The van der Waals surface area contributed by atoms with Crippen molar-refractivity contribution in [2.24, 2.45) is 5.92 Å². The average Bonchev–Trinajstić information content (AvgIpc) is 2.87. The number of hydrogen-bond donors (Lipinski definition) is 1. The molecule has 0 amide bonds. The van der Waals surface area contributed by atoms with Crippen molar-refractivity contribution in [2.75, 3.05) is 6.54 Å². The predicted molar refractivity (Wildman–Crippen MR) is 87.1 cm³/mol. The van der Waals surface area contributed by atoms with Gasteiger partial charge in [-0.05, 0) is 49.3 Å². The second-order valence-corrected chi connectivity index (χ2v) is 6.35. The lowest BCUT2D eigenvalue weighted by Gasteiger charge is -2.22. The highest BCUT2D eigenvalue weighted by Gasteiger charge is 2.21. The summed E-state index contributed by atoms with van der Waals surface area (Å²) in [5.41, 5.74) is 3.16. The van der Waals surface area contributed by atoms with Crippen molar-refractivity contribution >= 4 is 0 Å². The maximum absolute atomic E-state index is 3.64. The van der Waals surface area contributed by atoms with Gasteiger partial charge in [0.1, 0.15) is 0 Å². The van der Waals surface area contributed by atoms with Gasteiger partial charge in [-0.15, -0.1) is 0 Å². The first-order chi connectivity index (χ1) is 9.78. The fourth-order valence-corrected chi connectivity index (χ4v) is 3.53. The van der Waals surface area contributed by atoms with Gasteiger partial charge >= 0.3 is 0 Å². The Morgan fingerprint density at radius 3 is 2.85 bits per heavy atom. The second-order valence-electron chi connectivity index (χ2n) is 6.35. The molecule has 2 heteroatoms. The Bertz CT molecular complexity index is 394. The summed E-state index contributed by atoms with van der Waals surface area (Å²) in [4.78, 5) is 0. The molecule has 1 aromatic rings. The molecule has 1 aliphatic carbocycles. The minimum Gasteiger partial charge on any atom is -0.353 e. The highest BCUT2D eigenvalue weighted by Crippen LogP contribution is 2.31. The molecule has 0 aromatic carbocycles. The summed E-state index contributed by atoms with van der Waals surface area (Å²) in [6.45, 7) is 9.13. The maximum Gasteiger partial charge on any atom is 0.0338 e. The van der Waals surface area contributed by atoms with E-state index in [1.165, 1.54) is 51.5 Å². The Balaban J connectivity index is 2.03. The van der Waals surface area contributed by atoms with Gasteiger partial charge in [0.25, 0.3) is 0 Å². The van der Waals surface area contributed by atoms with Gasteiger partial charge in [0, 0.05) is 25.0 Å². The lowest BCUT2D eigenvalue weighted by molar-refractivity contribution is 0.390. The highest BCUT2D eigenvalue weighted by molar-refractivity contribution is 5.30. The van der Waals surface area contributed by atoms with E-state index in [1.807, 2.05) is 0 Å². The Hall–Kier alpha value is -0.760. The second kappa shape index (κ2) is 7.87. The number of nitrogens with one attached hydrogen (secondary N) is 1. The van der Waals surface area contributed by atoms with Crippen LogP contribution in [0.1, 0.15) is 76.5 Å². The van der Waals surface area contributed by atoms with Crippen molar-refractivity contribution in [1.29, 1.82) is 0 Å². The number of aromatic nitrogens is 1. The van der Waals surface area contributed by atoms with E-state index in [9.17, 15) is 0 Å². The van der Waals surface area contributed by atoms with Gasteiger partial charge < -0.3 is 9.88 Å². The number of unbranched alkanes of at least 4 members (excludes halogenated alkanes) is 1. The van der Waals surface area contributed by atoms with Crippen LogP contribution in [-0.4, -0.2) is 11.1 Å². The van der Waals surface area contributed by atoms with Gasteiger partial charge in [-0.3, -0.25) is 0 Å². The Morgan fingerprint density at radius 2 is 2.15 bits per heavy atom. The minimum absolute atomic E-state index is 0.598. The quantitative estimate of drug-likeness (QED) is 0.729. The molecule has 0 saturated carbocycles. The molecule has 20 heavy (non-hydrogen) atoms. The van der Waals surface area contributed by atoms with Crippen LogP contribution in [0, 0.1) is 5.92 Å². The third kappa shape index (κ3) is 3.88. The summed E-state index contributed by atoms with van der Waals surface area (Å²) in [7, 11) is 0. The molecule has 1 heterocycles.